The maximum atomic E-state index is 12.2. The Hall–Kier alpha value is -1.46. The molecule has 136 valence electrons. The van der Waals surface area contributed by atoms with Gasteiger partial charge in [0.25, 0.3) is 0 Å². The van der Waals surface area contributed by atoms with Gasteiger partial charge < -0.3 is 10.1 Å². The summed E-state index contributed by atoms with van der Waals surface area (Å²) in [5, 5.41) is 2.87. The number of nitrogens with zero attached hydrogens (tertiary/aromatic N) is 3. The van der Waals surface area contributed by atoms with Crippen LogP contribution in [0.15, 0.2) is 12.3 Å². The molecule has 1 aromatic rings. The Balaban J connectivity index is 1.88. The fraction of sp³-hybridized carbons (Fsp3) is 0.692. The highest BCUT2D eigenvalue weighted by atomic mass is 32.2. The highest BCUT2D eigenvalue weighted by Gasteiger charge is 2.27. The fourth-order valence-corrected chi connectivity index (χ4v) is 3.06. The zero-order valence-electron chi connectivity index (χ0n) is 13.1. The summed E-state index contributed by atoms with van der Waals surface area (Å²) in [6.45, 7) is 1.05. The van der Waals surface area contributed by atoms with Gasteiger partial charge in [-0.1, -0.05) is 0 Å². The third-order valence-corrected chi connectivity index (χ3v) is 4.71. The van der Waals surface area contributed by atoms with Crippen LogP contribution in [0.25, 0.3) is 0 Å². The molecular formula is C13H19F3N4O3S. The first-order chi connectivity index (χ1) is 11.1. The average Bonchev–Trinajstić information content (AvgIpc) is 2.50. The predicted octanol–water partition coefficient (Wildman–Crippen LogP) is 1.04. The Bertz CT molecular complexity index is 654. The summed E-state index contributed by atoms with van der Waals surface area (Å²) >= 11 is 0. The maximum Gasteiger partial charge on any atom is 0.389 e. The predicted molar refractivity (Wildman–Crippen MR) is 81.1 cm³/mol. The Morgan fingerprint density at radius 3 is 2.88 bits per heavy atom. The Kier molecular flexibility index (Phi) is 5.99. The first-order valence-corrected chi connectivity index (χ1v) is 9.17. The van der Waals surface area contributed by atoms with Gasteiger partial charge >= 0.3 is 6.18 Å². The van der Waals surface area contributed by atoms with E-state index in [9.17, 15) is 21.6 Å². The molecule has 0 spiro atoms. The minimum Gasteiger partial charge on any atom is -0.374 e. The third kappa shape index (κ3) is 6.21. The number of alkyl halides is 3. The fourth-order valence-electron chi connectivity index (χ4n) is 2.21. The van der Waals surface area contributed by atoms with E-state index in [1.54, 1.807) is 0 Å². The molecule has 0 amide bonds. The molecule has 1 atom stereocenters. The minimum atomic E-state index is -4.23. The summed E-state index contributed by atoms with van der Waals surface area (Å²) in [5.74, 6) is 0.190. The number of aromatic nitrogens is 2. The Morgan fingerprint density at radius 1 is 1.46 bits per heavy atom. The lowest BCUT2D eigenvalue weighted by Crippen LogP contribution is -2.47. The summed E-state index contributed by atoms with van der Waals surface area (Å²) < 4.78 is 66.6. The summed E-state index contributed by atoms with van der Waals surface area (Å²) in [4.78, 5) is 7.96. The van der Waals surface area contributed by atoms with E-state index in [1.165, 1.54) is 16.6 Å². The van der Waals surface area contributed by atoms with Crippen molar-refractivity contribution in [1.29, 1.82) is 0 Å². The molecule has 11 heteroatoms. The summed E-state index contributed by atoms with van der Waals surface area (Å²) in [7, 11) is -3.28. The molecule has 24 heavy (non-hydrogen) atoms. The number of rotatable bonds is 6. The highest BCUT2D eigenvalue weighted by molar-refractivity contribution is 7.88. The lowest BCUT2D eigenvalue weighted by Gasteiger charge is -2.31. The van der Waals surface area contributed by atoms with Gasteiger partial charge in [-0.25, -0.2) is 18.4 Å². The second kappa shape index (κ2) is 7.62. The summed E-state index contributed by atoms with van der Waals surface area (Å²) in [5.41, 5.74) is 0.284. The van der Waals surface area contributed by atoms with Crippen molar-refractivity contribution in [2.75, 3.05) is 37.8 Å². The molecule has 0 unspecified atom stereocenters. The van der Waals surface area contributed by atoms with Crippen molar-refractivity contribution >= 4 is 16.0 Å². The summed E-state index contributed by atoms with van der Waals surface area (Å²) in [6.07, 6.45) is -3.26. The van der Waals surface area contributed by atoms with Gasteiger partial charge in [0, 0.05) is 37.9 Å². The SMILES string of the molecule is CS(=O)(=O)N1CCO[C@@H](CNc2nccc(CCC(F)(F)F)n2)C1. The molecule has 1 N–H and O–H groups in total. The van der Waals surface area contributed by atoms with Crippen molar-refractivity contribution in [3.8, 4) is 0 Å². The number of ether oxygens (including phenoxy) is 1. The molecule has 0 aromatic carbocycles. The van der Waals surface area contributed by atoms with E-state index in [-0.39, 0.29) is 43.9 Å². The van der Waals surface area contributed by atoms with Crippen LogP contribution in [0.3, 0.4) is 0 Å². The molecule has 1 aliphatic heterocycles. The van der Waals surface area contributed by atoms with Crippen LogP contribution in [0.5, 0.6) is 0 Å². The van der Waals surface area contributed by atoms with Crippen molar-refractivity contribution in [3.05, 3.63) is 18.0 Å². The zero-order valence-corrected chi connectivity index (χ0v) is 13.9. The van der Waals surface area contributed by atoms with Gasteiger partial charge in [-0.15, -0.1) is 0 Å². The molecule has 2 heterocycles. The van der Waals surface area contributed by atoms with E-state index in [0.29, 0.717) is 6.54 Å². The van der Waals surface area contributed by atoms with Crippen LogP contribution in [0.2, 0.25) is 0 Å². The third-order valence-electron chi connectivity index (χ3n) is 3.44. The number of hydrogen-bond donors (Lipinski definition) is 1. The van der Waals surface area contributed by atoms with Gasteiger partial charge in [0.2, 0.25) is 16.0 Å². The molecule has 0 radical (unpaired) electrons. The van der Waals surface area contributed by atoms with Crippen molar-refractivity contribution in [2.45, 2.75) is 25.1 Å². The normalized spacial score (nSPS) is 20.1. The molecule has 0 bridgehead atoms. The smallest absolute Gasteiger partial charge is 0.374 e. The monoisotopic (exact) mass is 368 g/mol. The lowest BCUT2D eigenvalue weighted by atomic mass is 10.2. The molecule has 0 saturated carbocycles. The molecule has 1 aliphatic rings. The van der Waals surface area contributed by atoms with Crippen LogP contribution in [-0.4, -0.2) is 67.5 Å². The average molecular weight is 368 g/mol. The first kappa shape index (κ1) is 18.9. The number of morpholine rings is 1. The molecular weight excluding hydrogens is 349 g/mol. The maximum absolute atomic E-state index is 12.2. The number of sulfonamides is 1. The van der Waals surface area contributed by atoms with Crippen LogP contribution >= 0.6 is 0 Å². The van der Waals surface area contributed by atoms with E-state index >= 15 is 0 Å². The topological polar surface area (TPSA) is 84.4 Å². The number of nitrogens with one attached hydrogen (secondary N) is 1. The molecule has 1 fully saturated rings. The quantitative estimate of drug-likeness (QED) is 0.808. The van der Waals surface area contributed by atoms with Crippen molar-refractivity contribution in [3.63, 3.8) is 0 Å². The van der Waals surface area contributed by atoms with Gasteiger partial charge in [-0.3, -0.25) is 0 Å². The Labute approximate surface area is 138 Å². The first-order valence-electron chi connectivity index (χ1n) is 7.33. The number of hydrogen-bond acceptors (Lipinski definition) is 6. The van der Waals surface area contributed by atoms with E-state index in [0.717, 1.165) is 6.26 Å². The molecule has 0 aliphatic carbocycles. The molecule has 1 saturated heterocycles. The van der Waals surface area contributed by atoms with Crippen LogP contribution in [0.4, 0.5) is 19.1 Å². The second-order valence-electron chi connectivity index (χ2n) is 5.48. The standard InChI is InChI=1S/C13H19F3N4O3S/c1-24(21,22)20-6-7-23-11(9-20)8-18-12-17-5-3-10(19-12)2-4-13(14,15)16/h3,5,11H,2,4,6-9H2,1H3,(H,17,18,19)/t11-/m0/s1. The lowest BCUT2D eigenvalue weighted by molar-refractivity contribution is -0.134. The van der Waals surface area contributed by atoms with Crippen LogP contribution in [-0.2, 0) is 21.2 Å². The van der Waals surface area contributed by atoms with E-state index < -0.39 is 22.6 Å². The molecule has 7 nitrogen and oxygen atoms in total. The van der Waals surface area contributed by atoms with Crippen LogP contribution < -0.4 is 5.32 Å². The van der Waals surface area contributed by atoms with Gasteiger partial charge in [0.05, 0.1) is 19.0 Å². The van der Waals surface area contributed by atoms with Crippen molar-refractivity contribution < 1.29 is 26.3 Å². The van der Waals surface area contributed by atoms with E-state index in [4.69, 9.17) is 4.74 Å². The van der Waals surface area contributed by atoms with Crippen molar-refractivity contribution in [2.24, 2.45) is 0 Å². The highest BCUT2D eigenvalue weighted by Crippen LogP contribution is 2.21. The summed E-state index contributed by atoms with van der Waals surface area (Å²) in [6, 6.07) is 1.43. The second-order valence-corrected chi connectivity index (χ2v) is 7.46. The largest absolute Gasteiger partial charge is 0.389 e. The van der Waals surface area contributed by atoms with Gasteiger partial charge in [0.1, 0.15) is 0 Å². The van der Waals surface area contributed by atoms with Crippen LogP contribution in [0.1, 0.15) is 12.1 Å². The number of aryl methyl sites for hydroxylation is 1. The van der Waals surface area contributed by atoms with Gasteiger partial charge in [0.15, 0.2) is 0 Å². The van der Waals surface area contributed by atoms with E-state index in [2.05, 4.69) is 15.3 Å². The molecule has 1 aromatic heterocycles. The molecule has 2 rings (SSSR count). The van der Waals surface area contributed by atoms with Gasteiger partial charge in [-0.2, -0.15) is 17.5 Å². The van der Waals surface area contributed by atoms with Gasteiger partial charge in [-0.05, 0) is 12.5 Å². The van der Waals surface area contributed by atoms with Crippen LogP contribution in [0, 0.1) is 0 Å². The zero-order chi connectivity index (χ0) is 17.8. The number of anilines is 1. The van der Waals surface area contributed by atoms with Crippen molar-refractivity contribution in [1.82, 2.24) is 14.3 Å². The number of halogens is 3. The van der Waals surface area contributed by atoms with E-state index in [1.807, 2.05) is 0 Å². The Morgan fingerprint density at radius 2 is 2.21 bits per heavy atom. The minimum absolute atomic E-state index is 0.190.